The Bertz CT molecular complexity index is 261. The van der Waals surface area contributed by atoms with Crippen LogP contribution in [0.2, 0.25) is 0 Å². The van der Waals surface area contributed by atoms with E-state index in [-0.39, 0.29) is 0 Å². The molecule has 0 radical (unpaired) electrons. The molecule has 4 unspecified atom stereocenters. The number of allylic oxidation sites excluding steroid dienone is 1. The van der Waals surface area contributed by atoms with Crippen molar-refractivity contribution in [1.82, 2.24) is 10.2 Å². The normalized spacial score (nSPS) is 45.9. The van der Waals surface area contributed by atoms with E-state index in [1.807, 2.05) is 0 Å². The zero-order valence-corrected chi connectivity index (χ0v) is 9.65. The van der Waals surface area contributed by atoms with Gasteiger partial charge in [-0.2, -0.15) is 0 Å². The summed E-state index contributed by atoms with van der Waals surface area (Å²) in [5, 5.41) is 3.53. The van der Waals surface area contributed by atoms with E-state index in [1.165, 1.54) is 38.9 Å². The summed E-state index contributed by atoms with van der Waals surface area (Å²) in [4.78, 5) is 2.76. The van der Waals surface area contributed by atoms with Gasteiger partial charge in [-0.05, 0) is 51.1 Å². The minimum Gasteiger partial charge on any atom is -0.316 e. The summed E-state index contributed by atoms with van der Waals surface area (Å²) in [6, 6.07) is 1.54. The number of hydrogen-bond donors (Lipinski definition) is 1. The summed E-state index contributed by atoms with van der Waals surface area (Å²) >= 11 is 0. The first-order valence-electron chi connectivity index (χ1n) is 6.49. The summed E-state index contributed by atoms with van der Waals surface area (Å²) in [7, 11) is 0. The van der Waals surface area contributed by atoms with Crippen molar-refractivity contribution < 1.29 is 0 Å². The maximum Gasteiger partial charge on any atom is 0.0281 e. The van der Waals surface area contributed by atoms with Gasteiger partial charge in [-0.3, -0.25) is 4.90 Å². The van der Waals surface area contributed by atoms with Crippen LogP contribution in [-0.2, 0) is 0 Å². The molecule has 0 aromatic rings. The lowest BCUT2D eigenvalue weighted by molar-refractivity contribution is 0.186. The molecule has 3 aliphatic rings. The third kappa shape index (κ3) is 1.64. The van der Waals surface area contributed by atoms with Gasteiger partial charge in [-0.15, -0.1) is 0 Å². The topological polar surface area (TPSA) is 15.3 Å². The maximum atomic E-state index is 3.53. The lowest BCUT2D eigenvalue weighted by Crippen LogP contribution is -2.40. The van der Waals surface area contributed by atoms with Crippen LogP contribution in [-0.4, -0.2) is 36.6 Å². The average molecular weight is 206 g/mol. The predicted octanol–water partition coefficient (Wildman–Crippen LogP) is 1.63. The third-order valence-corrected chi connectivity index (χ3v) is 4.64. The first-order valence-corrected chi connectivity index (χ1v) is 6.49. The van der Waals surface area contributed by atoms with Gasteiger partial charge >= 0.3 is 0 Å². The fourth-order valence-electron chi connectivity index (χ4n) is 3.71. The second-order valence-corrected chi connectivity index (χ2v) is 5.45. The van der Waals surface area contributed by atoms with Crippen molar-refractivity contribution in [2.24, 2.45) is 11.8 Å². The van der Waals surface area contributed by atoms with Crippen molar-refractivity contribution in [2.45, 2.75) is 38.3 Å². The second-order valence-electron chi connectivity index (χ2n) is 5.45. The van der Waals surface area contributed by atoms with Crippen molar-refractivity contribution in [1.29, 1.82) is 0 Å². The maximum absolute atomic E-state index is 3.53. The Morgan fingerprint density at radius 3 is 3.00 bits per heavy atom. The van der Waals surface area contributed by atoms with Gasteiger partial charge in [-0.1, -0.05) is 12.2 Å². The molecule has 2 aliphatic heterocycles. The quantitative estimate of drug-likeness (QED) is 0.656. The molecule has 0 amide bonds. The molecule has 0 aromatic heterocycles. The lowest BCUT2D eigenvalue weighted by Gasteiger charge is -2.32. The first kappa shape index (κ1) is 9.86. The van der Waals surface area contributed by atoms with Crippen LogP contribution >= 0.6 is 0 Å². The van der Waals surface area contributed by atoms with Crippen LogP contribution in [0.5, 0.6) is 0 Å². The van der Waals surface area contributed by atoms with E-state index >= 15 is 0 Å². The largest absolute Gasteiger partial charge is 0.316 e. The molecule has 3 rings (SSSR count). The lowest BCUT2D eigenvalue weighted by atomic mass is 9.95. The Balaban J connectivity index is 1.72. The van der Waals surface area contributed by atoms with E-state index in [2.05, 4.69) is 29.3 Å². The number of fused-ring (bicyclic) bond motifs is 1. The average Bonchev–Trinajstić information content (AvgIpc) is 2.83. The van der Waals surface area contributed by atoms with E-state index < -0.39 is 0 Å². The van der Waals surface area contributed by atoms with Gasteiger partial charge in [0.2, 0.25) is 0 Å². The zero-order chi connectivity index (χ0) is 10.3. The monoisotopic (exact) mass is 206 g/mol. The van der Waals surface area contributed by atoms with Crippen molar-refractivity contribution in [3.05, 3.63) is 12.2 Å². The van der Waals surface area contributed by atoms with E-state index in [9.17, 15) is 0 Å². The van der Waals surface area contributed by atoms with Gasteiger partial charge in [0.15, 0.2) is 0 Å². The van der Waals surface area contributed by atoms with Crippen molar-refractivity contribution in [2.75, 3.05) is 19.6 Å². The van der Waals surface area contributed by atoms with Crippen molar-refractivity contribution >= 4 is 0 Å². The first-order chi connectivity index (χ1) is 7.36. The van der Waals surface area contributed by atoms with Gasteiger partial charge < -0.3 is 5.32 Å². The summed E-state index contributed by atoms with van der Waals surface area (Å²) < 4.78 is 0. The van der Waals surface area contributed by atoms with Crippen LogP contribution in [0.25, 0.3) is 0 Å². The summed E-state index contributed by atoms with van der Waals surface area (Å²) in [5.74, 6) is 1.84. The van der Waals surface area contributed by atoms with E-state index in [0.717, 1.165) is 23.9 Å². The molecular weight excluding hydrogens is 184 g/mol. The zero-order valence-electron chi connectivity index (χ0n) is 9.65. The molecule has 1 aliphatic carbocycles. The smallest absolute Gasteiger partial charge is 0.0281 e. The van der Waals surface area contributed by atoms with Crippen LogP contribution in [0.3, 0.4) is 0 Å². The molecule has 0 spiro atoms. The highest BCUT2D eigenvalue weighted by Crippen LogP contribution is 2.35. The molecule has 0 saturated carbocycles. The van der Waals surface area contributed by atoms with E-state index in [0.29, 0.717) is 0 Å². The molecule has 84 valence electrons. The Morgan fingerprint density at radius 1 is 1.33 bits per heavy atom. The highest BCUT2D eigenvalue weighted by molar-refractivity contribution is 5.05. The predicted molar refractivity (Wildman–Crippen MR) is 62.8 cm³/mol. The van der Waals surface area contributed by atoms with Crippen LogP contribution < -0.4 is 5.32 Å². The third-order valence-electron chi connectivity index (χ3n) is 4.64. The minimum absolute atomic E-state index is 0.749. The molecule has 2 nitrogen and oxygen atoms in total. The number of hydrogen-bond acceptors (Lipinski definition) is 2. The van der Waals surface area contributed by atoms with E-state index in [1.54, 1.807) is 0 Å². The van der Waals surface area contributed by atoms with Gasteiger partial charge in [0.1, 0.15) is 0 Å². The Labute approximate surface area is 92.7 Å². The molecule has 1 N–H and O–H groups in total. The van der Waals surface area contributed by atoms with Crippen molar-refractivity contribution in [3.8, 4) is 0 Å². The molecule has 2 fully saturated rings. The number of nitrogens with one attached hydrogen (secondary N) is 1. The van der Waals surface area contributed by atoms with Gasteiger partial charge in [-0.25, -0.2) is 0 Å². The summed E-state index contributed by atoms with van der Waals surface area (Å²) in [6.07, 6.45) is 8.90. The number of likely N-dealkylation sites (tertiary alicyclic amines) is 1. The van der Waals surface area contributed by atoms with Gasteiger partial charge in [0.05, 0.1) is 0 Å². The van der Waals surface area contributed by atoms with Gasteiger partial charge in [0, 0.05) is 18.6 Å². The molecule has 2 heteroatoms. The molecule has 2 saturated heterocycles. The summed E-state index contributed by atoms with van der Waals surface area (Å²) in [5.41, 5.74) is 0. The highest BCUT2D eigenvalue weighted by Gasteiger charge is 2.43. The molecule has 0 aromatic carbocycles. The standard InChI is InChI=1S/C13H22N2/c1-10-13-8-14-7-11(13)9-15(10)12-5-3-2-4-6-12/h3,5,10-14H,2,4,6-9H2,1H3. The van der Waals surface area contributed by atoms with Crippen LogP contribution in [0.4, 0.5) is 0 Å². The minimum atomic E-state index is 0.749. The fraction of sp³-hybridized carbons (Fsp3) is 0.846. The van der Waals surface area contributed by atoms with Crippen LogP contribution in [0.15, 0.2) is 12.2 Å². The SMILES string of the molecule is CC1C2CNCC2CN1C1C=CCCC1. The number of nitrogens with zero attached hydrogens (tertiary/aromatic N) is 1. The molecule has 2 heterocycles. The van der Waals surface area contributed by atoms with Gasteiger partial charge in [0.25, 0.3) is 0 Å². The second kappa shape index (κ2) is 3.91. The Morgan fingerprint density at radius 2 is 2.27 bits per heavy atom. The Kier molecular flexibility index (Phi) is 2.57. The Hall–Kier alpha value is -0.340. The molecular formula is C13H22N2. The van der Waals surface area contributed by atoms with E-state index in [4.69, 9.17) is 0 Å². The number of rotatable bonds is 1. The molecule has 4 atom stereocenters. The summed E-state index contributed by atoms with van der Waals surface area (Å²) in [6.45, 7) is 6.26. The van der Waals surface area contributed by atoms with Crippen LogP contribution in [0, 0.1) is 11.8 Å². The van der Waals surface area contributed by atoms with Crippen LogP contribution in [0.1, 0.15) is 26.2 Å². The molecule has 0 bridgehead atoms. The fourth-order valence-corrected chi connectivity index (χ4v) is 3.71. The van der Waals surface area contributed by atoms with Crippen molar-refractivity contribution in [3.63, 3.8) is 0 Å². The molecule has 15 heavy (non-hydrogen) atoms. The highest BCUT2D eigenvalue weighted by atomic mass is 15.2.